The number of thioether (sulfide) groups is 1. The number of nitriles is 1. The number of rotatable bonds is 2. The van der Waals surface area contributed by atoms with Crippen molar-refractivity contribution in [3.63, 3.8) is 0 Å². The molecule has 0 aromatic carbocycles. The molecule has 2 atom stereocenters. The van der Waals surface area contributed by atoms with Crippen molar-refractivity contribution in [2.24, 2.45) is 5.92 Å². The quantitative estimate of drug-likeness (QED) is 0.696. The first kappa shape index (κ1) is 11.4. The van der Waals surface area contributed by atoms with Gasteiger partial charge in [0.15, 0.2) is 0 Å². The lowest BCUT2D eigenvalue weighted by atomic mass is 10.1. The minimum atomic E-state index is -0.444. The van der Waals surface area contributed by atoms with Gasteiger partial charge in [0.25, 0.3) is 0 Å². The van der Waals surface area contributed by atoms with Crippen LogP contribution >= 0.6 is 11.8 Å². The third-order valence-electron chi connectivity index (χ3n) is 2.51. The van der Waals surface area contributed by atoms with Crippen LogP contribution in [0.15, 0.2) is 0 Å². The summed E-state index contributed by atoms with van der Waals surface area (Å²) in [4.78, 5) is 13.7. The number of carbonyl (C=O) groups excluding carboxylic acids is 1. The minimum Gasteiger partial charge on any atom is -0.337 e. The smallest absolute Gasteiger partial charge is 0.240 e. The topological polar surface area (TPSA) is 44.1 Å². The van der Waals surface area contributed by atoms with Crippen LogP contribution in [0.1, 0.15) is 20.3 Å². The molecule has 0 aliphatic carbocycles. The van der Waals surface area contributed by atoms with Crippen LogP contribution in [0.5, 0.6) is 0 Å². The van der Waals surface area contributed by atoms with Gasteiger partial charge in [-0.2, -0.15) is 17.0 Å². The van der Waals surface area contributed by atoms with E-state index in [-0.39, 0.29) is 11.9 Å². The number of nitrogens with zero attached hydrogens (tertiary/aromatic N) is 2. The molecule has 1 amide bonds. The molecular weight excluding hydrogens is 196 g/mol. The fraction of sp³-hybridized carbons (Fsp3) is 0.800. The van der Waals surface area contributed by atoms with Crippen molar-refractivity contribution in [2.45, 2.75) is 26.3 Å². The van der Waals surface area contributed by atoms with Crippen molar-refractivity contribution in [3.8, 4) is 6.07 Å². The summed E-state index contributed by atoms with van der Waals surface area (Å²) in [5.41, 5.74) is 0. The predicted octanol–water partition coefficient (Wildman–Crippen LogP) is 1.50. The van der Waals surface area contributed by atoms with Crippen molar-refractivity contribution in [3.05, 3.63) is 0 Å². The fourth-order valence-electron chi connectivity index (χ4n) is 1.58. The van der Waals surface area contributed by atoms with Crippen LogP contribution < -0.4 is 0 Å². The largest absolute Gasteiger partial charge is 0.337 e. The van der Waals surface area contributed by atoms with E-state index in [1.807, 2.05) is 30.5 Å². The molecule has 78 valence electrons. The molecule has 0 saturated carbocycles. The van der Waals surface area contributed by atoms with Gasteiger partial charge in [-0.05, 0) is 13.3 Å². The maximum atomic E-state index is 11.9. The average molecular weight is 212 g/mol. The highest BCUT2D eigenvalue weighted by atomic mass is 32.2. The van der Waals surface area contributed by atoms with E-state index in [9.17, 15) is 4.79 Å². The number of amides is 1. The van der Waals surface area contributed by atoms with Crippen LogP contribution in [-0.2, 0) is 4.79 Å². The molecule has 1 aliphatic heterocycles. The van der Waals surface area contributed by atoms with Crippen LogP contribution in [-0.4, -0.2) is 34.9 Å². The molecule has 1 fully saturated rings. The summed E-state index contributed by atoms with van der Waals surface area (Å²) in [7, 11) is 0. The summed E-state index contributed by atoms with van der Waals surface area (Å²) >= 11 is 1.87. The van der Waals surface area contributed by atoms with Gasteiger partial charge in [0.05, 0.1) is 6.07 Å². The fourth-order valence-corrected chi connectivity index (χ4v) is 2.59. The van der Waals surface area contributed by atoms with Crippen molar-refractivity contribution in [1.29, 1.82) is 5.26 Å². The van der Waals surface area contributed by atoms with Gasteiger partial charge >= 0.3 is 0 Å². The molecule has 3 nitrogen and oxygen atoms in total. The SMILES string of the molecule is CCC(C#N)C(=O)N1CCSCC1C. The first-order valence-corrected chi connectivity index (χ1v) is 6.14. The lowest BCUT2D eigenvalue weighted by Gasteiger charge is -2.34. The van der Waals surface area contributed by atoms with Gasteiger partial charge in [-0.25, -0.2) is 0 Å². The van der Waals surface area contributed by atoms with Crippen LogP contribution in [0.2, 0.25) is 0 Å². The molecule has 0 bridgehead atoms. The molecule has 1 heterocycles. The highest BCUT2D eigenvalue weighted by Gasteiger charge is 2.28. The van der Waals surface area contributed by atoms with E-state index in [2.05, 4.69) is 6.07 Å². The summed E-state index contributed by atoms with van der Waals surface area (Å²) in [5, 5.41) is 8.81. The van der Waals surface area contributed by atoms with Crippen LogP contribution in [0, 0.1) is 17.2 Å². The van der Waals surface area contributed by atoms with E-state index in [0.29, 0.717) is 6.42 Å². The first-order valence-electron chi connectivity index (χ1n) is 4.98. The molecule has 1 aliphatic rings. The zero-order valence-corrected chi connectivity index (χ0v) is 9.51. The van der Waals surface area contributed by atoms with Crippen LogP contribution in [0.3, 0.4) is 0 Å². The summed E-state index contributed by atoms with van der Waals surface area (Å²) in [6.07, 6.45) is 0.617. The number of carbonyl (C=O) groups is 1. The van der Waals surface area contributed by atoms with E-state index in [1.54, 1.807) is 0 Å². The average Bonchev–Trinajstić information content (AvgIpc) is 2.20. The molecule has 2 unspecified atom stereocenters. The van der Waals surface area contributed by atoms with E-state index in [0.717, 1.165) is 18.1 Å². The van der Waals surface area contributed by atoms with E-state index in [4.69, 9.17) is 5.26 Å². The first-order chi connectivity index (χ1) is 6.70. The molecule has 14 heavy (non-hydrogen) atoms. The lowest BCUT2D eigenvalue weighted by Crippen LogP contribution is -2.46. The highest BCUT2D eigenvalue weighted by Crippen LogP contribution is 2.19. The molecule has 1 rings (SSSR count). The molecule has 0 N–H and O–H groups in total. The Bertz CT molecular complexity index is 249. The van der Waals surface area contributed by atoms with Gasteiger partial charge in [0.2, 0.25) is 5.91 Å². The Kier molecular flexibility index (Phi) is 4.27. The van der Waals surface area contributed by atoms with Gasteiger partial charge in [0.1, 0.15) is 5.92 Å². The van der Waals surface area contributed by atoms with Gasteiger partial charge in [-0.15, -0.1) is 0 Å². The summed E-state index contributed by atoms with van der Waals surface area (Å²) < 4.78 is 0. The Balaban J connectivity index is 2.62. The summed E-state index contributed by atoms with van der Waals surface area (Å²) in [5.74, 6) is 1.56. The predicted molar refractivity (Wildman–Crippen MR) is 57.9 cm³/mol. The second-order valence-corrected chi connectivity index (χ2v) is 4.70. The molecule has 4 heteroatoms. The van der Waals surface area contributed by atoms with Crippen molar-refractivity contribution < 1.29 is 4.79 Å². The van der Waals surface area contributed by atoms with Gasteiger partial charge < -0.3 is 4.90 Å². The van der Waals surface area contributed by atoms with Gasteiger partial charge in [0, 0.05) is 24.1 Å². The van der Waals surface area contributed by atoms with Crippen molar-refractivity contribution >= 4 is 17.7 Å². The molecule has 0 spiro atoms. The number of hydrogen-bond acceptors (Lipinski definition) is 3. The summed E-state index contributed by atoms with van der Waals surface area (Å²) in [6, 6.07) is 2.35. The molecule has 0 radical (unpaired) electrons. The third kappa shape index (κ3) is 2.42. The lowest BCUT2D eigenvalue weighted by molar-refractivity contribution is -0.135. The molecule has 1 saturated heterocycles. The minimum absolute atomic E-state index is 0.0165. The second-order valence-electron chi connectivity index (χ2n) is 3.55. The Hall–Kier alpha value is -0.690. The van der Waals surface area contributed by atoms with Gasteiger partial charge in [-0.3, -0.25) is 4.79 Å². The molecular formula is C10H16N2OS. The third-order valence-corrected chi connectivity index (χ3v) is 3.70. The van der Waals surface area contributed by atoms with Crippen molar-refractivity contribution in [2.75, 3.05) is 18.1 Å². The maximum Gasteiger partial charge on any atom is 0.240 e. The second kappa shape index (κ2) is 5.26. The standard InChI is InChI=1S/C10H16N2OS/c1-3-9(6-11)10(13)12-4-5-14-7-8(12)2/h8-9H,3-5,7H2,1-2H3. The zero-order valence-electron chi connectivity index (χ0n) is 8.69. The monoisotopic (exact) mass is 212 g/mol. The maximum absolute atomic E-state index is 11.9. The number of hydrogen-bond donors (Lipinski definition) is 0. The molecule has 0 aromatic heterocycles. The Morgan fingerprint density at radius 3 is 3.00 bits per heavy atom. The van der Waals surface area contributed by atoms with Crippen LogP contribution in [0.4, 0.5) is 0 Å². The zero-order chi connectivity index (χ0) is 10.6. The van der Waals surface area contributed by atoms with Crippen molar-refractivity contribution in [1.82, 2.24) is 4.90 Å². The van der Waals surface area contributed by atoms with E-state index >= 15 is 0 Å². The Morgan fingerprint density at radius 1 is 1.79 bits per heavy atom. The molecule has 0 aromatic rings. The van der Waals surface area contributed by atoms with E-state index in [1.165, 1.54) is 0 Å². The van der Waals surface area contributed by atoms with Gasteiger partial charge in [-0.1, -0.05) is 6.92 Å². The van der Waals surface area contributed by atoms with E-state index < -0.39 is 5.92 Å². The normalized spacial score (nSPS) is 24.1. The highest BCUT2D eigenvalue weighted by molar-refractivity contribution is 7.99. The van der Waals surface area contributed by atoms with Crippen LogP contribution in [0.25, 0.3) is 0 Å². The summed E-state index contributed by atoms with van der Waals surface area (Å²) in [6.45, 7) is 4.73. The Labute approximate surface area is 89.5 Å². The Morgan fingerprint density at radius 2 is 2.50 bits per heavy atom.